The number of H-pyrrole nitrogens is 1. The molecule has 28 heavy (non-hydrogen) atoms. The lowest BCUT2D eigenvalue weighted by Crippen LogP contribution is -2.14. The molecule has 0 spiro atoms. The summed E-state index contributed by atoms with van der Waals surface area (Å²) in [7, 11) is 0. The van der Waals surface area contributed by atoms with Crippen LogP contribution >= 0.6 is 11.8 Å². The number of nitriles is 1. The Morgan fingerprint density at radius 2 is 2.04 bits per heavy atom. The first kappa shape index (κ1) is 19.1. The van der Waals surface area contributed by atoms with Crippen molar-refractivity contribution in [3.63, 3.8) is 0 Å². The molecule has 0 fully saturated rings. The fourth-order valence-electron chi connectivity index (χ4n) is 2.48. The first-order chi connectivity index (χ1) is 13.5. The molecule has 0 aliphatic carbocycles. The first-order valence-electron chi connectivity index (χ1n) is 8.07. The van der Waals surface area contributed by atoms with E-state index in [4.69, 9.17) is 4.74 Å². The van der Waals surface area contributed by atoms with E-state index in [0.29, 0.717) is 16.5 Å². The van der Waals surface area contributed by atoms with E-state index >= 15 is 0 Å². The van der Waals surface area contributed by atoms with Gasteiger partial charge in [0.1, 0.15) is 24.0 Å². The lowest BCUT2D eigenvalue weighted by molar-refractivity contribution is -0.384. The fourth-order valence-corrected chi connectivity index (χ4v) is 2.85. The quantitative estimate of drug-likeness (QED) is 0.294. The van der Waals surface area contributed by atoms with Crippen molar-refractivity contribution in [2.75, 3.05) is 6.26 Å². The molecule has 3 rings (SSSR count). The topological polar surface area (TPSA) is 122 Å². The van der Waals surface area contributed by atoms with Crippen LogP contribution in [0.25, 0.3) is 11.3 Å². The number of nitro groups is 1. The molecule has 3 aromatic rings. The Kier molecular flexibility index (Phi) is 5.72. The van der Waals surface area contributed by atoms with Crippen molar-refractivity contribution >= 4 is 17.4 Å². The van der Waals surface area contributed by atoms with Gasteiger partial charge in [0.15, 0.2) is 5.16 Å². The highest BCUT2D eigenvalue weighted by Crippen LogP contribution is 2.25. The van der Waals surface area contributed by atoms with Gasteiger partial charge in [0, 0.05) is 17.7 Å². The molecule has 0 aliphatic rings. The number of non-ortho nitro benzene ring substituents is 1. The second kappa shape index (κ2) is 8.37. The van der Waals surface area contributed by atoms with Crippen molar-refractivity contribution in [3.05, 3.63) is 80.1 Å². The van der Waals surface area contributed by atoms with Crippen LogP contribution in [0.1, 0.15) is 11.1 Å². The number of aromatic amines is 1. The average molecular weight is 394 g/mol. The third-order valence-corrected chi connectivity index (χ3v) is 4.44. The van der Waals surface area contributed by atoms with E-state index in [-0.39, 0.29) is 23.6 Å². The van der Waals surface area contributed by atoms with Gasteiger partial charge in [-0.2, -0.15) is 5.26 Å². The van der Waals surface area contributed by atoms with Crippen molar-refractivity contribution in [2.45, 2.75) is 11.8 Å². The molecule has 1 heterocycles. The van der Waals surface area contributed by atoms with Crippen molar-refractivity contribution in [2.24, 2.45) is 0 Å². The summed E-state index contributed by atoms with van der Waals surface area (Å²) < 4.78 is 5.74. The van der Waals surface area contributed by atoms with Gasteiger partial charge >= 0.3 is 0 Å². The summed E-state index contributed by atoms with van der Waals surface area (Å²) in [6.45, 7) is 0.214. The van der Waals surface area contributed by atoms with Crippen LogP contribution in [-0.2, 0) is 6.61 Å². The zero-order chi connectivity index (χ0) is 20.1. The van der Waals surface area contributed by atoms with E-state index in [2.05, 4.69) is 9.97 Å². The van der Waals surface area contributed by atoms with Gasteiger partial charge in [-0.15, -0.1) is 0 Å². The van der Waals surface area contributed by atoms with Crippen LogP contribution in [0, 0.1) is 21.4 Å². The zero-order valence-electron chi connectivity index (χ0n) is 14.7. The predicted octanol–water partition coefficient (Wildman–Crippen LogP) is 3.52. The van der Waals surface area contributed by atoms with E-state index in [9.17, 15) is 20.2 Å². The molecule has 0 bridgehead atoms. The van der Waals surface area contributed by atoms with Gasteiger partial charge in [0.2, 0.25) is 0 Å². The lowest BCUT2D eigenvalue weighted by Gasteiger charge is -2.09. The van der Waals surface area contributed by atoms with Crippen molar-refractivity contribution in [1.82, 2.24) is 9.97 Å². The van der Waals surface area contributed by atoms with Crippen LogP contribution in [0.5, 0.6) is 5.75 Å². The van der Waals surface area contributed by atoms with E-state index in [0.717, 1.165) is 5.56 Å². The van der Waals surface area contributed by atoms with E-state index in [1.165, 1.54) is 23.9 Å². The Hall–Kier alpha value is -3.64. The van der Waals surface area contributed by atoms with E-state index in [1.807, 2.05) is 6.07 Å². The van der Waals surface area contributed by atoms with Gasteiger partial charge in [-0.3, -0.25) is 14.9 Å². The van der Waals surface area contributed by atoms with Crippen LogP contribution < -0.4 is 10.3 Å². The molecule has 8 nitrogen and oxygen atoms in total. The van der Waals surface area contributed by atoms with Crippen LogP contribution in [0.4, 0.5) is 5.69 Å². The number of nitrogens with one attached hydrogen (secondary N) is 1. The van der Waals surface area contributed by atoms with Crippen molar-refractivity contribution in [1.29, 1.82) is 5.26 Å². The summed E-state index contributed by atoms with van der Waals surface area (Å²) in [5.74, 6) is 0.521. The molecule has 9 heteroatoms. The van der Waals surface area contributed by atoms with E-state index < -0.39 is 10.5 Å². The number of nitrogens with zero attached hydrogens (tertiary/aromatic N) is 3. The minimum absolute atomic E-state index is 0.0137. The fraction of sp³-hybridized carbons (Fsp3) is 0.105. The van der Waals surface area contributed by atoms with Gasteiger partial charge in [-0.25, -0.2) is 4.98 Å². The Morgan fingerprint density at radius 3 is 2.68 bits per heavy atom. The van der Waals surface area contributed by atoms with Gasteiger partial charge < -0.3 is 9.72 Å². The summed E-state index contributed by atoms with van der Waals surface area (Å²) in [4.78, 5) is 29.2. The zero-order valence-corrected chi connectivity index (χ0v) is 15.5. The molecule has 0 saturated heterocycles. The van der Waals surface area contributed by atoms with Crippen molar-refractivity contribution in [3.8, 4) is 23.1 Å². The SMILES string of the molecule is CSc1nc(-c2cccc(OCc3ccc([N+](=O)[O-])cc3)c2)c(C#N)c(=O)[nH]1. The maximum absolute atomic E-state index is 12.1. The Morgan fingerprint density at radius 1 is 1.29 bits per heavy atom. The van der Waals surface area contributed by atoms with Crippen molar-refractivity contribution < 1.29 is 9.66 Å². The molecular formula is C19H14N4O4S. The third kappa shape index (κ3) is 4.19. The number of ether oxygens (including phenoxy) is 1. The average Bonchev–Trinajstić information content (AvgIpc) is 2.72. The summed E-state index contributed by atoms with van der Waals surface area (Å²) in [5, 5.41) is 20.4. The lowest BCUT2D eigenvalue weighted by atomic mass is 10.1. The molecule has 0 aliphatic heterocycles. The number of nitro benzene ring substituents is 1. The molecule has 140 valence electrons. The second-order valence-electron chi connectivity index (χ2n) is 5.65. The van der Waals surface area contributed by atoms with Crippen LogP contribution in [-0.4, -0.2) is 21.1 Å². The standard InChI is InChI=1S/C19H14N4O4S/c1-28-19-21-17(16(10-20)18(24)22-19)13-3-2-4-15(9-13)27-11-12-5-7-14(8-6-12)23(25)26/h2-9H,11H2,1H3,(H,21,22,24). The summed E-state index contributed by atoms with van der Waals surface area (Å²) in [6, 6.07) is 14.9. The largest absolute Gasteiger partial charge is 0.489 e. The maximum Gasteiger partial charge on any atom is 0.270 e. The van der Waals surface area contributed by atoms with Gasteiger partial charge in [0.05, 0.1) is 10.6 Å². The van der Waals surface area contributed by atoms with Crippen LogP contribution in [0.2, 0.25) is 0 Å². The number of thioether (sulfide) groups is 1. The number of hydrogen-bond acceptors (Lipinski definition) is 7. The Bertz CT molecular complexity index is 1120. The van der Waals surface area contributed by atoms with Gasteiger partial charge in [-0.1, -0.05) is 23.9 Å². The summed E-state index contributed by atoms with van der Waals surface area (Å²) in [5.41, 5.74) is 1.10. The van der Waals surface area contributed by atoms with Crippen LogP contribution in [0.3, 0.4) is 0 Å². The second-order valence-corrected chi connectivity index (χ2v) is 6.45. The summed E-state index contributed by atoms with van der Waals surface area (Å²) >= 11 is 1.27. The smallest absolute Gasteiger partial charge is 0.270 e. The molecule has 0 radical (unpaired) electrons. The number of aromatic nitrogens is 2. The molecule has 0 atom stereocenters. The normalized spacial score (nSPS) is 10.3. The van der Waals surface area contributed by atoms with Gasteiger partial charge in [-0.05, 0) is 36.1 Å². The minimum Gasteiger partial charge on any atom is -0.489 e. The monoisotopic (exact) mass is 394 g/mol. The van der Waals surface area contributed by atoms with Crippen LogP contribution in [0.15, 0.2) is 58.5 Å². The molecule has 2 aromatic carbocycles. The number of rotatable bonds is 6. The first-order valence-corrected chi connectivity index (χ1v) is 9.29. The summed E-state index contributed by atoms with van der Waals surface area (Å²) in [6.07, 6.45) is 1.78. The third-order valence-electron chi connectivity index (χ3n) is 3.86. The highest BCUT2D eigenvalue weighted by Gasteiger charge is 2.14. The molecule has 1 N–H and O–H groups in total. The number of benzene rings is 2. The highest BCUT2D eigenvalue weighted by atomic mass is 32.2. The van der Waals surface area contributed by atoms with E-state index in [1.54, 1.807) is 42.7 Å². The minimum atomic E-state index is -0.492. The number of hydrogen-bond donors (Lipinski definition) is 1. The molecule has 1 aromatic heterocycles. The molecule has 0 saturated carbocycles. The molecule has 0 unspecified atom stereocenters. The highest BCUT2D eigenvalue weighted by molar-refractivity contribution is 7.98. The molecule has 0 amide bonds. The Balaban J connectivity index is 1.85. The predicted molar refractivity (Wildman–Crippen MR) is 104 cm³/mol. The molecular weight excluding hydrogens is 380 g/mol. The van der Waals surface area contributed by atoms with Gasteiger partial charge in [0.25, 0.3) is 11.2 Å². The maximum atomic E-state index is 12.1. The Labute approximate surface area is 164 Å².